The minimum atomic E-state index is -3.58. The van der Waals surface area contributed by atoms with Crippen molar-refractivity contribution in [3.8, 4) is 5.75 Å². The summed E-state index contributed by atoms with van der Waals surface area (Å²) in [4.78, 5) is 2.30. The maximum Gasteiger partial charge on any atom is 0.246 e. The highest BCUT2D eigenvalue weighted by Gasteiger charge is 2.31. The van der Waals surface area contributed by atoms with Gasteiger partial charge in [0, 0.05) is 26.2 Å². The molecule has 1 aliphatic heterocycles. The Morgan fingerprint density at radius 3 is 2.42 bits per heavy atom. The fraction of sp³-hybridized carbons (Fsp3) is 0.467. The fourth-order valence-electron chi connectivity index (χ4n) is 2.66. The standard InChI is InChI=1S/C15H20N4O3S2/c1-11-4-5-13(22-3)14(10-11)24(20,21)19-8-6-18(7-9-19)15-17-16-12(2)23-15/h4-5,10H,6-9H2,1-3H3. The Morgan fingerprint density at radius 2 is 1.83 bits per heavy atom. The molecule has 1 saturated heterocycles. The molecule has 0 unspecified atom stereocenters. The van der Waals surface area contributed by atoms with Crippen LogP contribution in [0.5, 0.6) is 5.75 Å². The van der Waals surface area contributed by atoms with Crippen molar-refractivity contribution in [2.45, 2.75) is 18.7 Å². The molecule has 0 spiro atoms. The first kappa shape index (κ1) is 17.1. The molecule has 9 heteroatoms. The molecular weight excluding hydrogens is 348 g/mol. The SMILES string of the molecule is COc1ccc(C)cc1S(=O)(=O)N1CCN(c2nnc(C)s2)CC1. The van der Waals surface area contributed by atoms with Gasteiger partial charge < -0.3 is 9.64 Å². The molecule has 3 rings (SSSR count). The number of hydrogen-bond donors (Lipinski definition) is 0. The summed E-state index contributed by atoms with van der Waals surface area (Å²) < 4.78 is 32.7. The monoisotopic (exact) mass is 368 g/mol. The molecule has 0 bridgehead atoms. The van der Waals surface area contributed by atoms with E-state index >= 15 is 0 Å². The lowest BCUT2D eigenvalue weighted by molar-refractivity contribution is 0.374. The van der Waals surface area contributed by atoms with Crippen LogP contribution >= 0.6 is 11.3 Å². The van der Waals surface area contributed by atoms with Gasteiger partial charge in [0.2, 0.25) is 15.2 Å². The summed E-state index contributed by atoms with van der Waals surface area (Å²) in [5, 5.41) is 9.90. The van der Waals surface area contributed by atoms with Crippen molar-refractivity contribution in [3.05, 3.63) is 28.8 Å². The van der Waals surface area contributed by atoms with Gasteiger partial charge in [0.05, 0.1) is 7.11 Å². The Hall–Kier alpha value is -1.71. The zero-order valence-electron chi connectivity index (χ0n) is 13.9. The Morgan fingerprint density at radius 1 is 1.12 bits per heavy atom. The molecule has 1 fully saturated rings. The van der Waals surface area contributed by atoms with Crippen molar-refractivity contribution in [2.24, 2.45) is 0 Å². The lowest BCUT2D eigenvalue weighted by Gasteiger charge is -2.33. The summed E-state index contributed by atoms with van der Waals surface area (Å²) in [6, 6.07) is 5.20. The maximum absolute atomic E-state index is 13.0. The lowest BCUT2D eigenvalue weighted by Crippen LogP contribution is -2.48. The molecular formula is C15H20N4O3S2. The average Bonchev–Trinajstić information content (AvgIpc) is 3.01. The summed E-state index contributed by atoms with van der Waals surface area (Å²) in [6.07, 6.45) is 0. The summed E-state index contributed by atoms with van der Waals surface area (Å²) in [5.41, 5.74) is 0.886. The number of anilines is 1. The van der Waals surface area contributed by atoms with E-state index in [9.17, 15) is 8.42 Å². The van der Waals surface area contributed by atoms with E-state index in [1.807, 2.05) is 19.9 Å². The number of piperazine rings is 1. The predicted molar refractivity (Wildman–Crippen MR) is 93.3 cm³/mol. The van der Waals surface area contributed by atoms with Crippen LogP contribution in [-0.2, 0) is 10.0 Å². The van der Waals surface area contributed by atoms with Gasteiger partial charge >= 0.3 is 0 Å². The van der Waals surface area contributed by atoms with E-state index in [0.717, 1.165) is 15.7 Å². The number of hydrogen-bond acceptors (Lipinski definition) is 7. The molecule has 1 aromatic heterocycles. The molecule has 130 valence electrons. The third kappa shape index (κ3) is 3.24. The van der Waals surface area contributed by atoms with E-state index in [-0.39, 0.29) is 4.90 Å². The lowest BCUT2D eigenvalue weighted by atomic mass is 10.2. The van der Waals surface area contributed by atoms with Gasteiger partial charge in [0.1, 0.15) is 15.7 Å². The van der Waals surface area contributed by atoms with E-state index < -0.39 is 10.0 Å². The molecule has 1 aromatic carbocycles. The first-order valence-electron chi connectivity index (χ1n) is 7.61. The molecule has 1 aliphatic rings. The molecule has 0 aliphatic carbocycles. The summed E-state index contributed by atoms with van der Waals surface area (Å²) in [7, 11) is -2.09. The van der Waals surface area contributed by atoms with Gasteiger partial charge in [0.15, 0.2) is 0 Å². The second-order valence-electron chi connectivity index (χ2n) is 5.65. The third-order valence-corrected chi connectivity index (χ3v) is 6.78. The topological polar surface area (TPSA) is 75.6 Å². The Bertz CT molecular complexity index is 827. The van der Waals surface area contributed by atoms with E-state index in [2.05, 4.69) is 15.1 Å². The van der Waals surface area contributed by atoms with E-state index in [4.69, 9.17) is 4.74 Å². The van der Waals surface area contributed by atoms with Crippen LogP contribution < -0.4 is 9.64 Å². The normalized spacial score (nSPS) is 16.4. The Balaban J connectivity index is 1.79. The van der Waals surface area contributed by atoms with Crippen LogP contribution in [0, 0.1) is 13.8 Å². The second kappa shape index (κ2) is 6.66. The van der Waals surface area contributed by atoms with Crippen LogP contribution in [0.3, 0.4) is 0 Å². The molecule has 0 saturated carbocycles. The summed E-state index contributed by atoms with van der Waals surface area (Å²) >= 11 is 1.52. The molecule has 0 amide bonds. The minimum absolute atomic E-state index is 0.227. The number of sulfonamides is 1. The zero-order chi connectivity index (χ0) is 17.3. The number of rotatable bonds is 4. The van der Waals surface area contributed by atoms with Crippen LogP contribution in [0.1, 0.15) is 10.6 Å². The van der Waals surface area contributed by atoms with Crippen LogP contribution in [0.25, 0.3) is 0 Å². The van der Waals surface area contributed by atoms with Gasteiger partial charge in [-0.05, 0) is 31.5 Å². The van der Waals surface area contributed by atoms with Crippen molar-refractivity contribution in [1.29, 1.82) is 0 Å². The highest BCUT2D eigenvalue weighted by Crippen LogP contribution is 2.29. The minimum Gasteiger partial charge on any atom is -0.495 e. The smallest absolute Gasteiger partial charge is 0.246 e. The number of methoxy groups -OCH3 is 1. The van der Waals surface area contributed by atoms with Crippen molar-refractivity contribution in [1.82, 2.24) is 14.5 Å². The van der Waals surface area contributed by atoms with E-state index in [1.165, 1.54) is 22.8 Å². The summed E-state index contributed by atoms with van der Waals surface area (Å²) in [6.45, 7) is 5.81. The molecule has 0 atom stereocenters. The average molecular weight is 368 g/mol. The molecule has 2 heterocycles. The van der Waals surface area contributed by atoms with Crippen molar-refractivity contribution < 1.29 is 13.2 Å². The number of aryl methyl sites for hydroxylation is 2. The van der Waals surface area contributed by atoms with Crippen molar-refractivity contribution in [3.63, 3.8) is 0 Å². The largest absolute Gasteiger partial charge is 0.495 e. The van der Waals surface area contributed by atoms with Gasteiger partial charge in [-0.3, -0.25) is 0 Å². The molecule has 7 nitrogen and oxygen atoms in total. The van der Waals surface area contributed by atoms with Crippen LogP contribution in [-0.4, -0.2) is 56.2 Å². The maximum atomic E-state index is 13.0. The van der Waals surface area contributed by atoms with E-state index in [1.54, 1.807) is 12.1 Å². The first-order valence-corrected chi connectivity index (χ1v) is 9.87. The van der Waals surface area contributed by atoms with Gasteiger partial charge in [-0.15, -0.1) is 10.2 Å². The van der Waals surface area contributed by atoms with Gasteiger partial charge in [0.25, 0.3) is 0 Å². The Labute approximate surface area is 145 Å². The highest BCUT2D eigenvalue weighted by molar-refractivity contribution is 7.89. The molecule has 0 radical (unpaired) electrons. The molecule has 0 N–H and O–H groups in total. The Kier molecular flexibility index (Phi) is 4.75. The quantitative estimate of drug-likeness (QED) is 0.817. The second-order valence-corrected chi connectivity index (χ2v) is 8.72. The zero-order valence-corrected chi connectivity index (χ0v) is 15.5. The highest BCUT2D eigenvalue weighted by atomic mass is 32.2. The van der Waals surface area contributed by atoms with Crippen molar-refractivity contribution >= 4 is 26.5 Å². The number of ether oxygens (including phenoxy) is 1. The number of nitrogens with zero attached hydrogens (tertiary/aromatic N) is 4. The van der Waals surface area contributed by atoms with Gasteiger partial charge in [-0.25, -0.2) is 8.42 Å². The van der Waals surface area contributed by atoms with Crippen LogP contribution in [0.2, 0.25) is 0 Å². The number of aromatic nitrogens is 2. The predicted octanol–water partition coefficient (Wildman–Crippen LogP) is 1.67. The van der Waals surface area contributed by atoms with Crippen LogP contribution in [0.4, 0.5) is 5.13 Å². The molecule has 24 heavy (non-hydrogen) atoms. The first-order chi connectivity index (χ1) is 11.4. The fourth-order valence-corrected chi connectivity index (χ4v) is 5.06. The van der Waals surface area contributed by atoms with Gasteiger partial charge in [-0.1, -0.05) is 17.4 Å². The van der Waals surface area contributed by atoms with E-state index in [0.29, 0.717) is 31.9 Å². The summed E-state index contributed by atoms with van der Waals surface area (Å²) in [5.74, 6) is 0.378. The third-order valence-electron chi connectivity index (χ3n) is 3.96. The van der Waals surface area contributed by atoms with Crippen molar-refractivity contribution in [2.75, 3.05) is 38.2 Å². The molecule has 2 aromatic rings. The van der Waals surface area contributed by atoms with Crippen LogP contribution in [0.15, 0.2) is 23.1 Å². The number of benzene rings is 1. The van der Waals surface area contributed by atoms with Gasteiger partial charge in [-0.2, -0.15) is 4.31 Å².